The summed E-state index contributed by atoms with van der Waals surface area (Å²) in [6.07, 6.45) is 0.179. The highest BCUT2D eigenvalue weighted by molar-refractivity contribution is 8.05. The Morgan fingerprint density at radius 3 is 2.62 bits per heavy atom. The van der Waals surface area contributed by atoms with Crippen LogP contribution in [0.3, 0.4) is 0 Å². The van der Waals surface area contributed by atoms with E-state index in [9.17, 15) is 12.6 Å². The molecule has 1 rings (SSSR count). The summed E-state index contributed by atoms with van der Waals surface area (Å²) in [5.41, 5.74) is -0.992. The quantitative estimate of drug-likeness (QED) is 0.608. The number of hydrogen-bond donors (Lipinski definition) is 0. The minimum absolute atomic E-state index is 0.122. The standard InChI is InChI=1S/C6H12O5S2/c1-3-10-6-4-5-12(2,7)11-13(6,8)9/h6H,2-5H2,1H3. The average Bonchev–Trinajstić information content (AvgIpc) is 1.93. The van der Waals surface area contributed by atoms with Crippen molar-refractivity contribution < 1.29 is 21.0 Å². The predicted octanol–water partition coefficient (Wildman–Crippen LogP) is -0.269. The SMILES string of the molecule is C=S1(=O)CCC(OCC)S(=O)(=O)O1. The molecule has 1 heterocycles. The Kier molecular flexibility index (Phi) is 3.01. The van der Waals surface area contributed by atoms with Crippen LogP contribution in [0.5, 0.6) is 0 Å². The van der Waals surface area contributed by atoms with Gasteiger partial charge in [0, 0.05) is 18.8 Å². The fourth-order valence-corrected chi connectivity index (χ4v) is 4.46. The fraction of sp³-hybridized carbons (Fsp3) is 0.833. The molecule has 78 valence electrons. The van der Waals surface area contributed by atoms with E-state index in [0.29, 0.717) is 0 Å². The van der Waals surface area contributed by atoms with Gasteiger partial charge in [-0.15, -0.1) is 0 Å². The molecule has 0 N–H and O–H groups in total. The number of ether oxygens (including phenoxy) is 1. The van der Waals surface area contributed by atoms with Crippen LogP contribution in [0.4, 0.5) is 0 Å². The average molecular weight is 228 g/mol. The first kappa shape index (κ1) is 11.0. The maximum absolute atomic E-state index is 11.2. The lowest BCUT2D eigenvalue weighted by Gasteiger charge is -2.23. The van der Waals surface area contributed by atoms with Gasteiger partial charge in [0.25, 0.3) is 0 Å². The van der Waals surface area contributed by atoms with Crippen molar-refractivity contribution in [2.75, 3.05) is 12.4 Å². The Labute approximate surface area is 78.4 Å². The van der Waals surface area contributed by atoms with Gasteiger partial charge in [0.15, 0.2) is 5.44 Å². The van der Waals surface area contributed by atoms with E-state index in [1.54, 1.807) is 6.92 Å². The Bertz CT molecular complexity index is 366. The van der Waals surface area contributed by atoms with E-state index in [2.05, 4.69) is 9.50 Å². The van der Waals surface area contributed by atoms with Crippen LogP contribution in [-0.2, 0) is 28.3 Å². The van der Waals surface area contributed by atoms with Gasteiger partial charge in [0.2, 0.25) is 0 Å². The summed E-state index contributed by atoms with van der Waals surface area (Å²) in [5.74, 6) is 3.31. The minimum atomic E-state index is -3.85. The maximum atomic E-state index is 11.2. The molecular weight excluding hydrogens is 216 g/mol. The van der Waals surface area contributed by atoms with Crippen LogP contribution in [-0.4, -0.2) is 36.3 Å². The van der Waals surface area contributed by atoms with Gasteiger partial charge in [-0.2, -0.15) is 12.0 Å². The monoisotopic (exact) mass is 228 g/mol. The normalized spacial score (nSPS) is 38.7. The topological polar surface area (TPSA) is 69.7 Å². The van der Waals surface area contributed by atoms with E-state index in [4.69, 9.17) is 4.74 Å². The highest BCUT2D eigenvalue weighted by Gasteiger charge is 2.35. The molecule has 0 aromatic rings. The smallest absolute Gasteiger partial charge is 0.307 e. The van der Waals surface area contributed by atoms with Crippen molar-refractivity contribution in [3.63, 3.8) is 0 Å². The molecule has 0 aromatic heterocycles. The molecule has 0 aliphatic carbocycles. The Morgan fingerprint density at radius 1 is 1.54 bits per heavy atom. The molecule has 13 heavy (non-hydrogen) atoms. The number of hydrogen-bond acceptors (Lipinski definition) is 5. The van der Waals surface area contributed by atoms with Crippen molar-refractivity contribution in [3.8, 4) is 0 Å². The van der Waals surface area contributed by atoms with Gasteiger partial charge in [0.05, 0.1) is 9.80 Å². The van der Waals surface area contributed by atoms with Crippen molar-refractivity contribution in [1.82, 2.24) is 0 Å². The zero-order chi connectivity index (χ0) is 10.1. The summed E-state index contributed by atoms with van der Waals surface area (Å²) in [6.45, 7) is 1.97. The van der Waals surface area contributed by atoms with Crippen LogP contribution in [0.25, 0.3) is 0 Å². The molecule has 0 bridgehead atoms. The molecule has 5 nitrogen and oxygen atoms in total. The first-order valence-electron chi connectivity index (χ1n) is 3.79. The molecule has 2 unspecified atom stereocenters. The Balaban J connectivity index is 2.87. The van der Waals surface area contributed by atoms with Crippen molar-refractivity contribution in [2.45, 2.75) is 18.8 Å². The van der Waals surface area contributed by atoms with Gasteiger partial charge >= 0.3 is 10.1 Å². The van der Waals surface area contributed by atoms with Crippen molar-refractivity contribution in [2.24, 2.45) is 0 Å². The summed E-state index contributed by atoms with van der Waals surface area (Å²) in [6, 6.07) is 0. The van der Waals surface area contributed by atoms with Crippen molar-refractivity contribution in [1.29, 1.82) is 0 Å². The summed E-state index contributed by atoms with van der Waals surface area (Å²) in [4.78, 5) is 0. The van der Waals surface area contributed by atoms with Crippen LogP contribution in [0.2, 0.25) is 0 Å². The van der Waals surface area contributed by atoms with E-state index < -0.39 is 25.4 Å². The van der Waals surface area contributed by atoms with E-state index in [-0.39, 0.29) is 18.8 Å². The lowest BCUT2D eigenvalue weighted by atomic mass is 10.5. The summed E-state index contributed by atoms with van der Waals surface area (Å²) in [5, 5.41) is 0. The first-order valence-corrected chi connectivity index (χ1v) is 7.08. The minimum Gasteiger partial charge on any atom is -0.360 e. The van der Waals surface area contributed by atoms with Gasteiger partial charge < -0.3 is 4.74 Å². The molecule has 1 saturated heterocycles. The third-order valence-electron chi connectivity index (χ3n) is 1.56. The molecule has 0 spiro atoms. The Morgan fingerprint density at radius 2 is 2.15 bits per heavy atom. The molecule has 0 aromatic carbocycles. The zero-order valence-electron chi connectivity index (χ0n) is 7.26. The summed E-state index contributed by atoms with van der Waals surface area (Å²) >= 11 is 0. The van der Waals surface area contributed by atoms with Crippen LogP contribution >= 0.6 is 0 Å². The molecule has 1 fully saturated rings. The molecule has 0 saturated carbocycles. The molecule has 1 aliphatic heterocycles. The van der Waals surface area contributed by atoms with Crippen LogP contribution in [0.1, 0.15) is 13.3 Å². The van der Waals surface area contributed by atoms with Gasteiger partial charge in [-0.05, 0) is 12.8 Å². The molecule has 7 heteroatoms. The summed E-state index contributed by atoms with van der Waals surface area (Å²) < 4.78 is 43.0. The van der Waals surface area contributed by atoms with Crippen LogP contribution < -0.4 is 0 Å². The van der Waals surface area contributed by atoms with Crippen LogP contribution in [0.15, 0.2) is 0 Å². The second-order valence-electron chi connectivity index (χ2n) is 2.68. The fourth-order valence-electron chi connectivity index (χ4n) is 1.02. The highest BCUT2D eigenvalue weighted by Crippen LogP contribution is 2.20. The lowest BCUT2D eigenvalue weighted by molar-refractivity contribution is 0.107. The van der Waals surface area contributed by atoms with Gasteiger partial charge in [-0.25, -0.2) is 4.21 Å². The molecule has 1 aliphatic rings. The second-order valence-corrected chi connectivity index (χ2v) is 6.63. The first-order chi connectivity index (χ1) is 5.87. The second kappa shape index (κ2) is 3.56. The van der Waals surface area contributed by atoms with E-state index >= 15 is 0 Å². The van der Waals surface area contributed by atoms with Crippen LogP contribution in [0, 0.1) is 0 Å². The molecule has 2 atom stereocenters. The van der Waals surface area contributed by atoms with Gasteiger partial charge in [0.1, 0.15) is 0 Å². The molecule has 0 amide bonds. The summed E-state index contributed by atoms with van der Waals surface area (Å²) in [7, 11) is -6.76. The highest BCUT2D eigenvalue weighted by atomic mass is 32.3. The van der Waals surface area contributed by atoms with Gasteiger partial charge in [-0.1, -0.05) is 0 Å². The van der Waals surface area contributed by atoms with Gasteiger partial charge in [-0.3, -0.25) is 0 Å². The third kappa shape index (κ3) is 2.67. The Hall–Kier alpha value is -0.110. The molecular formula is C6H12O5S2. The largest absolute Gasteiger partial charge is 0.360 e. The lowest BCUT2D eigenvalue weighted by Crippen LogP contribution is -2.36. The predicted molar refractivity (Wildman–Crippen MR) is 50.2 cm³/mol. The van der Waals surface area contributed by atoms with E-state index in [0.717, 1.165) is 0 Å². The van der Waals surface area contributed by atoms with E-state index in [1.807, 2.05) is 0 Å². The van der Waals surface area contributed by atoms with E-state index in [1.165, 1.54) is 0 Å². The number of rotatable bonds is 2. The van der Waals surface area contributed by atoms with Crippen molar-refractivity contribution >= 4 is 25.8 Å². The maximum Gasteiger partial charge on any atom is 0.307 e. The molecule has 0 radical (unpaired) electrons. The third-order valence-corrected chi connectivity index (χ3v) is 5.18. The zero-order valence-corrected chi connectivity index (χ0v) is 8.90. The van der Waals surface area contributed by atoms with Crippen molar-refractivity contribution in [3.05, 3.63) is 0 Å².